The molecule has 2 heterocycles. The molecule has 0 spiro atoms. The zero-order chi connectivity index (χ0) is 30.0. The van der Waals surface area contributed by atoms with Crippen LogP contribution in [0.4, 0.5) is 10.5 Å². The minimum absolute atomic E-state index is 0.0167. The van der Waals surface area contributed by atoms with E-state index in [0.717, 1.165) is 41.9 Å². The summed E-state index contributed by atoms with van der Waals surface area (Å²) in [6, 6.07) is 23.2. The second-order valence-electron chi connectivity index (χ2n) is 10.8. The number of nitrogens with zero attached hydrogens (tertiary/aromatic N) is 1. The third-order valence-corrected chi connectivity index (χ3v) is 7.67. The minimum Gasteiger partial charge on any atom is -0.467 e. The van der Waals surface area contributed by atoms with E-state index < -0.39 is 24.3 Å². The highest BCUT2D eigenvalue weighted by Crippen LogP contribution is 2.38. The lowest BCUT2D eigenvalue weighted by Gasteiger charge is -2.39. The molecule has 0 aliphatic carbocycles. The molecule has 2 fully saturated rings. The molecule has 4 atom stereocenters. The summed E-state index contributed by atoms with van der Waals surface area (Å²) in [5.74, 6) is -0.527. The van der Waals surface area contributed by atoms with Crippen LogP contribution in [0.3, 0.4) is 0 Å². The highest BCUT2D eigenvalue weighted by molar-refractivity contribution is 5.92. The van der Waals surface area contributed by atoms with Gasteiger partial charge >= 0.3 is 12.0 Å². The predicted octanol–water partition coefficient (Wildman–Crippen LogP) is 3.96. The molecule has 2 aliphatic heterocycles. The van der Waals surface area contributed by atoms with Crippen molar-refractivity contribution in [1.29, 1.82) is 0 Å². The summed E-state index contributed by atoms with van der Waals surface area (Å²) in [6.45, 7) is 3.86. The van der Waals surface area contributed by atoms with Crippen LogP contribution in [-0.2, 0) is 36.8 Å². The van der Waals surface area contributed by atoms with Gasteiger partial charge in [0.05, 0.1) is 39.1 Å². The van der Waals surface area contributed by atoms with Crippen molar-refractivity contribution in [3.05, 3.63) is 101 Å². The number of aliphatic hydroxyl groups excluding tert-OH is 1. The molecule has 0 radical (unpaired) electrons. The van der Waals surface area contributed by atoms with Crippen molar-refractivity contribution in [3.63, 3.8) is 0 Å². The van der Waals surface area contributed by atoms with Crippen LogP contribution in [0, 0.1) is 0 Å². The largest absolute Gasteiger partial charge is 0.467 e. The zero-order valence-corrected chi connectivity index (χ0v) is 24.3. The van der Waals surface area contributed by atoms with Crippen molar-refractivity contribution < 1.29 is 33.6 Å². The monoisotopic (exact) mass is 589 g/mol. The van der Waals surface area contributed by atoms with E-state index in [9.17, 15) is 14.7 Å². The predicted molar refractivity (Wildman–Crippen MR) is 160 cm³/mol. The molecule has 2 aliphatic rings. The topological polar surface area (TPSA) is 119 Å². The number of carbonyl (C=O) groups is 2. The fourth-order valence-corrected chi connectivity index (χ4v) is 5.38. The molecular formula is C33H39N3O7. The van der Waals surface area contributed by atoms with Gasteiger partial charge in [-0.05, 0) is 28.8 Å². The SMILES string of the molecule is COC(=O)C(Cc1ccccc1)NC(=O)Nc1cccc(C2OC(CN3CCOCC3)CC(c3ccc(CO)cc3)O2)c1. The lowest BCUT2D eigenvalue weighted by Crippen LogP contribution is -2.45. The van der Waals surface area contributed by atoms with Crippen molar-refractivity contribution >= 4 is 17.7 Å². The second kappa shape index (κ2) is 15.1. The fourth-order valence-electron chi connectivity index (χ4n) is 5.38. The summed E-state index contributed by atoms with van der Waals surface area (Å²) in [4.78, 5) is 27.7. The number of nitrogens with one attached hydrogen (secondary N) is 2. The lowest BCUT2D eigenvalue weighted by molar-refractivity contribution is -0.253. The Kier molecular flexibility index (Phi) is 10.8. The number of ether oxygens (including phenoxy) is 4. The maximum Gasteiger partial charge on any atom is 0.328 e. The van der Waals surface area contributed by atoms with Crippen LogP contribution >= 0.6 is 0 Å². The Labute approximate surface area is 251 Å². The smallest absolute Gasteiger partial charge is 0.328 e. The third-order valence-electron chi connectivity index (χ3n) is 7.67. The number of methoxy groups -OCH3 is 1. The van der Waals surface area contributed by atoms with Crippen LogP contribution in [0.15, 0.2) is 78.9 Å². The van der Waals surface area contributed by atoms with Crippen LogP contribution in [0.1, 0.15) is 41.1 Å². The van der Waals surface area contributed by atoms with Crippen LogP contribution < -0.4 is 10.6 Å². The van der Waals surface area contributed by atoms with Crippen LogP contribution in [0.25, 0.3) is 0 Å². The Balaban J connectivity index is 1.29. The quantitative estimate of drug-likeness (QED) is 0.304. The van der Waals surface area contributed by atoms with Gasteiger partial charge in [-0.15, -0.1) is 0 Å². The number of anilines is 1. The first-order valence-electron chi connectivity index (χ1n) is 14.6. The van der Waals surface area contributed by atoms with Gasteiger partial charge in [-0.1, -0.05) is 66.7 Å². The van der Waals surface area contributed by atoms with E-state index in [2.05, 4.69) is 15.5 Å². The maximum atomic E-state index is 13.0. The molecule has 0 aromatic heterocycles. The Hall–Kier alpha value is -3.80. The van der Waals surface area contributed by atoms with Gasteiger partial charge in [0.15, 0.2) is 6.29 Å². The molecule has 228 valence electrons. The molecule has 43 heavy (non-hydrogen) atoms. The van der Waals surface area contributed by atoms with Gasteiger partial charge in [0.25, 0.3) is 0 Å². The average Bonchev–Trinajstić information content (AvgIpc) is 3.05. The van der Waals surface area contributed by atoms with Gasteiger partial charge in [0.1, 0.15) is 6.04 Å². The van der Waals surface area contributed by atoms with Gasteiger partial charge in [-0.2, -0.15) is 0 Å². The fraction of sp³-hybridized carbons (Fsp3) is 0.394. The molecule has 3 aromatic carbocycles. The first kappa shape index (κ1) is 30.7. The van der Waals surface area contributed by atoms with E-state index in [1.54, 1.807) is 6.07 Å². The number of carbonyl (C=O) groups excluding carboxylic acids is 2. The molecule has 5 rings (SSSR count). The van der Waals surface area contributed by atoms with Gasteiger partial charge in [-0.25, -0.2) is 9.59 Å². The Morgan fingerprint density at radius 2 is 1.72 bits per heavy atom. The zero-order valence-electron chi connectivity index (χ0n) is 24.3. The summed E-state index contributed by atoms with van der Waals surface area (Å²) >= 11 is 0. The second-order valence-corrected chi connectivity index (χ2v) is 10.8. The molecule has 0 bridgehead atoms. The number of urea groups is 1. The summed E-state index contributed by atoms with van der Waals surface area (Å²) in [6.07, 6.45) is 0.0289. The Bertz CT molecular complexity index is 1330. The molecule has 3 aromatic rings. The summed E-state index contributed by atoms with van der Waals surface area (Å²) in [7, 11) is 1.30. The number of aliphatic hydroxyl groups is 1. The first-order valence-corrected chi connectivity index (χ1v) is 14.6. The van der Waals surface area contributed by atoms with Gasteiger partial charge in [0.2, 0.25) is 0 Å². The highest BCUT2D eigenvalue weighted by atomic mass is 16.7. The molecule has 4 unspecified atom stereocenters. The van der Waals surface area contributed by atoms with Crippen molar-refractivity contribution in [1.82, 2.24) is 10.2 Å². The van der Waals surface area contributed by atoms with Crippen molar-refractivity contribution in [2.24, 2.45) is 0 Å². The van der Waals surface area contributed by atoms with Gasteiger partial charge in [0, 0.05) is 43.7 Å². The molecule has 2 amide bonds. The molecule has 0 saturated carbocycles. The number of morpholine rings is 1. The number of benzene rings is 3. The molecular weight excluding hydrogens is 550 g/mol. The standard InChI is InChI=1S/C33H39N3O7/c1-40-31(38)29(18-23-6-3-2-4-7-23)35-33(39)34-27-9-5-8-26(19-27)32-42-28(21-36-14-16-41-17-15-36)20-30(43-32)25-12-10-24(22-37)11-13-25/h2-13,19,28-30,32,37H,14-18,20-22H2,1H3,(H2,34,35,39). The highest BCUT2D eigenvalue weighted by Gasteiger charge is 2.33. The van der Waals surface area contributed by atoms with Crippen molar-refractivity contribution in [3.8, 4) is 0 Å². The van der Waals surface area contributed by atoms with Crippen molar-refractivity contribution in [2.75, 3.05) is 45.3 Å². The normalized spacial score (nSPS) is 21.5. The Morgan fingerprint density at radius 3 is 2.44 bits per heavy atom. The van der Waals surface area contributed by atoms with Gasteiger partial charge in [-0.3, -0.25) is 4.90 Å². The third kappa shape index (κ3) is 8.62. The maximum absolute atomic E-state index is 13.0. The number of amides is 2. The van der Waals surface area contributed by atoms with E-state index in [4.69, 9.17) is 18.9 Å². The number of rotatable bonds is 10. The molecule has 3 N–H and O–H groups in total. The van der Waals surface area contributed by atoms with E-state index in [1.807, 2.05) is 72.8 Å². The van der Waals surface area contributed by atoms with Crippen LogP contribution in [-0.4, -0.2) is 74.1 Å². The van der Waals surface area contributed by atoms with Gasteiger partial charge < -0.3 is 34.7 Å². The molecule has 10 nitrogen and oxygen atoms in total. The molecule has 10 heteroatoms. The number of hydrogen-bond acceptors (Lipinski definition) is 8. The summed E-state index contributed by atoms with van der Waals surface area (Å²) < 4.78 is 23.4. The molecule has 2 saturated heterocycles. The minimum atomic E-state index is -0.848. The number of esters is 1. The summed E-state index contributed by atoms with van der Waals surface area (Å²) in [5.41, 5.74) is 4.05. The Morgan fingerprint density at radius 1 is 0.953 bits per heavy atom. The average molecular weight is 590 g/mol. The van der Waals surface area contributed by atoms with E-state index >= 15 is 0 Å². The van der Waals surface area contributed by atoms with Crippen LogP contribution in [0.5, 0.6) is 0 Å². The van der Waals surface area contributed by atoms with E-state index in [0.29, 0.717) is 31.7 Å². The summed E-state index contributed by atoms with van der Waals surface area (Å²) in [5, 5.41) is 15.0. The van der Waals surface area contributed by atoms with Crippen molar-refractivity contribution in [2.45, 2.75) is 44.0 Å². The van der Waals surface area contributed by atoms with Crippen LogP contribution in [0.2, 0.25) is 0 Å². The lowest BCUT2D eigenvalue weighted by atomic mass is 9.99. The number of hydrogen-bond donors (Lipinski definition) is 3. The van der Waals surface area contributed by atoms with E-state index in [1.165, 1.54) is 7.11 Å². The van der Waals surface area contributed by atoms with E-state index in [-0.39, 0.29) is 18.8 Å². The first-order chi connectivity index (χ1) is 21.0.